The molecule has 0 aliphatic carbocycles. The molecule has 6 heteroatoms. The maximum Gasteiger partial charge on any atom is 0.269 e. The Balaban J connectivity index is 1.79. The van der Waals surface area contributed by atoms with Crippen molar-refractivity contribution < 1.29 is 14.5 Å². The van der Waals surface area contributed by atoms with Crippen LogP contribution in [0.2, 0.25) is 0 Å². The molecular weight excluding hydrogens is 308 g/mol. The molecule has 0 bridgehead atoms. The summed E-state index contributed by atoms with van der Waals surface area (Å²) in [4.78, 5) is 25.4. The van der Waals surface area contributed by atoms with Crippen molar-refractivity contribution in [3.8, 4) is 5.75 Å². The van der Waals surface area contributed by atoms with Crippen molar-refractivity contribution in [2.45, 2.75) is 24.6 Å². The van der Waals surface area contributed by atoms with Gasteiger partial charge in [-0.05, 0) is 30.7 Å². The van der Waals surface area contributed by atoms with Gasteiger partial charge in [-0.3, -0.25) is 19.8 Å². The average molecular weight is 324 g/mol. The fourth-order valence-corrected chi connectivity index (χ4v) is 3.55. The number of nitro groups is 1. The number of nitrogens with zero attached hydrogens (tertiary/aromatic N) is 2. The summed E-state index contributed by atoms with van der Waals surface area (Å²) in [6.07, 6.45) is 1.42. The summed E-state index contributed by atoms with van der Waals surface area (Å²) < 4.78 is 6.20. The molecule has 2 fully saturated rings. The third-order valence-electron chi connectivity index (χ3n) is 4.83. The zero-order valence-corrected chi connectivity index (χ0v) is 12.9. The maximum absolute atomic E-state index is 12.9. The van der Waals surface area contributed by atoms with E-state index in [0.717, 1.165) is 13.0 Å². The van der Waals surface area contributed by atoms with Crippen LogP contribution in [0.4, 0.5) is 5.69 Å². The normalized spacial score (nSPS) is 25.8. The molecule has 0 N–H and O–H groups in total. The van der Waals surface area contributed by atoms with E-state index in [1.54, 1.807) is 12.1 Å². The topological polar surface area (TPSA) is 72.7 Å². The molecule has 4 rings (SSSR count). The monoisotopic (exact) mass is 324 g/mol. The number of benzene rings is 2. The lowest BCUT2D eigenvalue weighted by molar-refractivity contribution is -0.384. The van der Waals surface area contributed by atoms with E-state index in [9.17, 15) is 14.9 Å². The third kappa shape index (κ3) is 2.11. The second-order valence-corrected chi connectivity index (χ2v) is 6.13. The second-order valence-electron chi connectivity index (χ2n) is 6.13. The minimum atomic E-state index is -1.18. The number of hydrogen-bond donors (Lipinski definition) is 0. The molecule has 2 aromatic carbocycles. The number of ether oxygens (including phenoxy) is 1. The first-order valence-electron chi connectivity index (χ1n) is 7.90. The Morgan fingerprint density at radius 2 is 1.83 bits per heavy atom. The number of hydrogen-bond acceptors (Lipinski definition) is 5. The number of non-ortho nitro benzene ring substituents is 1. The van der Waals surface area contributed by atoms with Gasteiger partial charge < -0.3 is 4.74 Å². The van der Waals surface area contributed by atoms with Crippen molar-refractivity contribution in [3.63, 3.8) is 0 Å². The Bertz CT molecular complexity index is 790. The van der Waals surface area contributed by atoms with Crippen LogP contribution in [0.5, 0.6) is 5.75 Å². The molecule has 0 aromatic heterocycles. The maximum atomic E-state index is 12.9. The van der Waals surface area contributed by atoms with Crippen LogP contribution in [-0.2, 0) is 10.5 Å². The highest BCUT2D eigenvalue weighted by atomic mass is 16.6. The molecular formula is C18H16N2O4. The molecule has 6 nitrogen and oxygen atoms in total. The van der Waals surface area contributed by atoms with E-state index in [1.165, 1.54) is 12.1 Å². The van der Waals surface area contributed by atoms with Crippen molar-refractivity contribution in [2.24, 2.45) is 0 Å². The van der Waals surface area contributed by atoms with Crippen LogP contribution in [0.25, 0.3) is 0 Å². The van der Waals surface area contributed by atoms with Gasteiger partial charge in [0.25, 0.3) is 5.69 Å². The highest BCUT2D eigenvalue weighted by molar-refractivity contribution is 5.91. The van der Waals surface area contributed by atoms with E-state index in [-0.39, 0.29) is 17.5 Å². The Morgan fingerprint density at radius 1 is 1.12 bits per heavy atom. The number of fused-ring (bicyclic) bond motifs is 1. The number of para-hydroxylation sites is 1. The smallest absolute Gasteiger partial charge is 0.269 e. The lowest BCUT2D eigenvalue weighted by atomic mass is 9.97. The Kier molecular flexibility index (Phi) is 3.35. The van der Waals surface area contributed by atoms with Crippen molar-refractivity contribution in [1.82, 2.24) is 4.90 Å². The summed E-state index contributed by atoms with van der Waals surface area (Å²) in [5.74, 6) is 0.611. The molecule has 0 radical (unpaired) electrons. The molecule has 2 saturated heterocycles. The molecule has 0 spiro atoms. The molecule has 2 unspecified atom stereocenters. The molecule has 24 heavy (non-hydrogen) atoms. The Hall–Kier alpha value is -2.73. The van der Waals surface area contributed by atoms with Gasteiger partial charge in [-0.1, -0.05) is 18.2 Å². The summed E-state index contributed by atoms with van der Waals surface area (Å²) in [5, 5.41) is 10.9. The SMILES string of the molecule is O=C1CC2CCN2C1(Oc1ccccc1)c1ccc([N+](=O)[O-])cc1. The van der Waals surface area contributed by atoms with Crippen molar-refractivity contribution in [3.05, 3.63) is 70.3 Å². The van der Waals surface area contributed by atoms with Crippen LogP contribution in [0.1, 0.15) is 18.4 Å². The summed E-state index contributed by atoms with van der Waals surface area (Å²) in [5.41, 5.74) is -0.539. The summed E-state index contributed by atoms with van der Waals surface area (Å²) in [6, 6.07) is 15.5. The van der Waals surface area contributed by atoms with Gasteiger partial charge in [0.1, 0.15) is 5.75 Å². The van der Waals surface area contributed by atoms with E-state index >= 15 is 0 Å². The molecule has 0 saturated carbocycles. The number of Topliss-reactive ketones (excluding diaryl/α,β-unsaturated/α-hetero) is 1. The number of ketones is 1. The fourth-order valence-electron chi connectivity index (χ4n) is 3.55. The minimum Gasteiger partial charge on any atom is -0.461 e. The first-order valence-corrected chi connectivity index (χ1v) is 7.90. The van der Waals surface area contributed by atoms with E-state index < -0.39 is 10.6 Å². The largest absolute Gasteiger partial charge is 0.461 e. The lowest BCUT2D eigenvalue weighted by Crippen LogP contribution is -2.58. The van der Waals surface area contributed by atoms with Gasteiger partial charge in [-0.25, -0.2) is 0 Å². The van der Waals surface area contributed by atoms with Gasteiger partial charge in [0.15, 0.2) is 5.78 Å². The van der Waals surface area contributed by atoms with Crippen LogP contribution in [-0.4, -0.2) is 28.2 Å². The molecule has 2 atom stereocenters. The van der Waals surface area contributed by atoms with Gasteiger partial charge in [-0.2, -0.15) is 0 Å². The standard InChI is InChI=1S/C18H16N2O4/c21-17-12-15-10-11-19(15)18(17,24-16-4-2-1-3-5-16)13-6-8-14(9-7-13)20(22)23/h1-9,15H,10-12H2. The first-order chi connectivity index (χ1) is 11.6. The highest BCUT2D eigenvalue weighted by Gasteiger charge is 2.60. The van der Waals surface area contributed by atoms with Crippen LogP contribution in [0.15, 0.2) is 54.6 Å². The van der Waals surface area contributed by atoms with E-state index in [4.69, 9.17) is 4.74 Å². The Labute approximate surface area is 138 Å². The predicted molar refractivity (Wildman–Crippen MR) is 86.6 cm³/mol. The third-order valence-corrected chi connectivity index (χ3v) is 4.83. The van der Waals surface area contributed by atoms with Gasteiger partial charge in [0.05, 0.1) is 4.92 Å². The number of rotatable bonds is 4. The van der Waals surface area contributed by atoms with E-state index in [0.29, 0.717) is 17.7 Å². The van der Waals surface area contributed by atoms with Crippen LogP contribution < -0.4 is 4.74 Å². The van der Waals surface area contributed by atoms with Crippen LogP contribution in [0.3, 0.4) is 0 Å². The van der Waals surface area contributed by atoms with Crippen molar-refractivity contribution in [2.75, 3.05) is 6.54 Å². The fraction of sp³-hybridized carbons (Fsp3) is 0.278. The Morgan fingerprint density at radius 3 is 2.38 bits per heavy atom. The quantitative estimate of drug-likeness (QED) is 0.639. The molecule has 0 amide bonds. The summed E-state index contributed by atoms with van der Waals surface area (Å²) >= 11 is 0. The minimum absolute atomic E-state index is 0.000725. The van der Waals surface area contributed by atoms with E-state index in [2.05, 4.69) is 4.90 Å². The van der Waals surface area contributed by atoms with Gasteiger partial charge >= 0.3 is 0 Å². The molecule has 2 aliphatic rings. The molecule has 2 aromatic rings. The first kappa shape index (κ1) is 14.8. The zero-order chi connectivity index (χ0) is 16.7. The van der Waals surface area contributed by atoms with Crippen molar-refractivity contribution >= 4 is 11.5 Å². The molecule has 2 heterocycles. The summed E-state index contributed by atoms with van der Waals surface area (Å²) in [6.45, 7) is 0.778. The van der Waals surface area contributed by atoms with E-state index in [1.807, 2.05) is 30.3 Å². The number of nitro benzene ring substituents is 1. The van der Waals surface area contributed by atoms with Crippen LogP contribution in [0, 0.1) is 10.1 Å². The lowest BCUT2D eigenvalue weighted by Gasteiger charge is -2.45. The van der Waals surface area contributed by atoms with Gasteiger partial charge in [0, 0.05) is 36.7 Å². The van der Waals surface area contributed by atoms with Gasteiger partial charge in [0.2, 0.25) is 5.72 Å². The van der Waals surface area contributed by atoms with Gasteiger partial charge in [-0.15, -0.1) is 0 Å². The average Bonchev–Trinajstić information content (AvgIpc) is 2.76. The number of carbonyl (C=O) groups excluding carboxylic acids is 1. The predicted octanol–water partition coefficient (Wildman–Crippen LogP) is 2.87. The van der Waals surface area contributed by atoms with Crippen molar-refractivity contribution in [1.29, 1.82) is 0 Å². The highest BCUT2D eigenvalue weighted by Crippen LogP contribution is 2.46. The molecule has 122 valence electrons. The molecule has 2 aliphatic heterocycles. The van der Waals surface area contributed by atoms with Crippen LogP contribution >= 0.6 is 0 Å². The summed E-state index contributed by atoms with van der Waals surface area (Å²) in [7, 11) is 0. The zero-order valence-electron chi connectivity index (χ0n) is 12.9. The second kappa shape index (κ2) is 5.42. The number of carbonyl (C=O) groups is 1.